The minimum absolute atomic E-state index is 0.218. The van der Waals surface area contributed by atoms with E-state index in [1.54, 1.807) is 40.9 Å². The van der Waals surface area contributed by atoms with E-state index in [4.69, 9.17) is 44.0 Å². The van der Waals surface area contributed by atoms with Crippen LogP contribution in [0, 0.1) is 0 Å². The van der Waals surface area contributed by atoms with Crippen LogP contribution in [0.25, 0.3) is 27.1 Å². The molecule has 5 rings (SSSR count). The van der Waals surface area contributed by atoms with Crippen LogP contribution in [-0.4, -0.2) is 19.8 Å². The van der Waals surface area contributed by atoms with Crippen molar-refractivity contribution in [3.8, 4) is 27.8 Å². The lowest BCUT2D eigenvalue weighted by molar-refractivity contribution is 0.293. The highest BCUT2D eigenvalue weighted by molar-refractivity contribution is 7.19. The van der Waals surface area contributed by atoms with Gasteiger partial charge < -0.3 is 9.15 Å². The minimum Gasteiger partial charge on any atom is -0.486 e. The molecule has 10 heteroatoms. The van der Waals surface area contributed by atoms with Crippen LogP contribution in [0.1, 0.15) is 5.82 Å². The van der Waals surface area contributed by atoms with Crippen LogP contribution in [0.3, 0.4) is 0 Å². The van der Waals surface area contributed by atoms with E-state index >= 15 is 0 Å². The Hall–Kier alpha value is -2.58. The fourth-order valence-electron chi connectivity index (χ4n) is 2.81. The van der Waals surface area contributed by atoms with Crippen molar-refractivity contribution in [1.82, 2.24) is 19.8 Å². The fraction of sp³-hybridized carbons (Fsp3) is 0.0500. The number of benzene rings is 2. The molecule has 0 aliphatic carbocycles. The fourth-order valence-corrected chi connectivity index (χ4v) is 4.26. The smallest absolute Gasteiger partial charge is 0.235 e. The zero-order chi connectivity index (χ0) is 20.7. The van der Waals surface area contributed by atoms with Crippen molar-refractivity contribution >= 4 is 51.1 Å². The number of fused-ring (bicyclic) bond motifs is 1. The normalized spacial score (nSPS) is 11.3. The molecular weight excluding hydrogens is 467 g/mol. The Bertz CT molecular complexity index is 1340. The molecule has 0 atom stereocenters. The quantitative estimate of drug-likeness (QED) is 0.283. The molecule has 5 aromatic rings. The molecule has 0 saturated heterocycles. The lowest BCUT2D eigenvalue weighted by Crippen LogP contribution is -2.02. The number of ether oxygens (including phenoxy) is 1. The monoisotopic (exact) mass is 476 g/mol. The average molecular weight is 478 g/mol. The molecule has 0 aliphatic heterocycles. The molecular formula is C20H11Cl3N4O2S. The van der Waals surface area contributed by atoms with Gasteiger partial charge in [0.25, 0.3) is 0 Å². The Kier molecular flexibility index (Phi) is 5.12. The molecule has 150 valence electrons. The van der Waals surface area contributed by atoms with Gasteiger partial charge in [-0.05, 0) is 54.6 Å². The van der Waals surface area contributed by atoms with Gasteiger partial charge in [0.1, 0.15) is 18.1 Å². The second-order valence-electron chi connectivity index (χ2n) is 6.25. The van der Waals surface area contributed by atoms with Crippen molar-refractivity contribution in [2.24, 2.45) is 0 Å². The number of rotatable bonds is 5. The summed E-state index contributed by atoms with van der Waals surface area (Å²) in [5, 5.41) is 15.3. The van der Waals surface area contributed by atoms with Gasteiger partial charge in [-0.25, -0.2) is 0 Å². The molecule has 3 aromatic heterocycles. The molecule has 3 heterocycles. The predicted octanol–water partition coefficient (Wildman–Crippen LogP) is 6.65. The number of furan rings is 1. The largest absolute Gasteiger partial charge is 0.486 e. The summed E-state index contributed by atoms with van der Waals surface area (Å²) in [5.74, 6) is 2.50. The van der Waals surface area contributed by atoms with Gasteiger partial charge in [-0.3, -0.25) is 0 Å². The second kappa shape index (κ2) is 7.92. The van der Waals surface area contributed by atoms with Crippen LogP contribution in [0.2, 0.25) is 15.1 Å². The maximum absolute atomic E-state index is 6.28. The zero-order valence-electron chi connectivity index (χ0n) is 15.1. The summed E-state index contributed by atoms with van der Waals surface area (Å²) in [5.41, 5.74) is 0.757. The SMILES string of the molecule is Clc1ccc(OCc2nnc3sc(-c4ccc(-c5ccc(Cl)cc5Cl)o4)nn23)cc1. The van der Waals surface area contributed by atoms with Crippen LogP contribution < -0.4 is 4.74 Å². The summed E-state index contributed by atoms with van der Waals surface area (Å²) in [6.07, 6.45) is 0. The first-order valence-corrected chi connectivity index (χ1v) is 10.7. The van der Waals surface area contributed by atoms with Gasteiger partial charge in [-0.15, -0.1) is 15.3 Å². The maximum atomic E-state index is 6.28. The molecule has 0 fully saturated rings. The van der Waals surface area contributed by atoms with Crippen molar-refractivity contribution in [1.29, 1.82) is 0 Å². The van der Waals surface area contributed by atoms with Crippen LogP contribution in [0.4, 0.5) is 0 Å². The molecule has 0 N–H and O–H groups in total. The lowest BCUT2D eigenvalue weighted by Gasteiger charge is -2.03. The zero-order valence-corrected chi connectivity index (χ0v) is 18.1. The lowest BCUT2D eigenvalue weighted by atomic mass is 10.2. The van der Waals surface area contributed by atoms with Gasteiger partial charge in [0.05, 0.1) is 5.02 Å². The standard InChI is InChI=1S/C20H11Cl3N4O2S/c21-11-1-4-13(5-2-11)28-10-18-24-25-20-27(18)26-19(30-20)17-8-7-16(29-17)14-6-3-12(22)9-15(14)23/h1-9H,10H2. The summed E-state index contributed by atoms with van der Waals surface area (Å²) < 4.78 is 13.4. The van der Waals surface area contributed by atoms with Gasteiger partial charge in [-0.1, -0.05) is 46.1 Å². The highest BCUT2D eigenvalue weighted by Crippen LogP contribution is 2.35. The van der Waals surface area contributed by atoms with Gasteiger partial charge in [0, 0.05) is 15.6 Å². The van der Waals surface area contributed by atoms with Crippen molar-refractivity contribution in [3.05, 3.63) is 75.5 Å². The predicted molar refractivity (Wildman–Crippen MR) is 118 cm³/mol. The third-order valence-corrected chi connectivity index (χ3v) is 5.96. The molecule has 0 unspecified atom stereocenters. The Labute approximate surface area is 189 Å². The highest BCUT2D eigenvalue weighted by atomic mass is 35.5. The van der Waals surface area contributed by atoms with Gasteiger partial charge in [0.2, 0.25) is 4.96 Å². The van der Waals surface area contributed by atoms with Crippen molar-refractivity contribution in [2.45, 2.75) is 6.61 Å². The minimum atomic E-state index is 0.218. The molecule has 30 heavy (non-hydrogen) atoms. The molecule has 0 spiro atoms. The third kappa shape index (κ3) is 3.77. The molecule has 0 radical (unpaired) electrons. The summed E-state index contributed by atoms with van der Waals surface area (Å²) in [7, 11) is 0. The highest BCUT2D eigenvalue weighted by Gasteiger charge is 2.17. The van der Waals surface area contributed by atoms with E-state index in [1.807, 2.05) is 18.2 Å². The number of hydrogen-bond acceptors (Lipinski definition) is 6. The van der Waals surface area contributed by atoms with Gasteiger partial charge in [0.15, 0.2) is 16.6 Å². The summed E-state index contributed by atoms with van der Waals surface area (Å²) in [6.45, 7) is 0.218. The van der Waals surface area contributed by atoms with Crippen molar-refractivity contribution in [2.75, 3.05) is 0 Å². The van der Waals surface area contributed by atoms with E-state index in [2.05, 4.69) is 15.3 Å². The van der Waals surface area contributed by atoms with Crippen LogP contribution >= 0.6 is 46.1 Å². The van der Waals surface area contributed by atoms with E-state index in [1.165, 1.54) is 11.3 Å². The molecule has 2 aromatic carbocycles. The summed E-state index contributed by atoms with van der Waals surface area (Å²) in [4.78, 5) is 0.641. The Balaban J connectivity index is 1.39. The average Bonchev–Trinajstić information content (AvgIpc) is 3.43. The Morgan fingerprint density at radius 2 is 1.67 bits per heavy atom. The van der Waals surface area contributed by atoms with E-state index in [0.29, 0.717) is 48.1 Å². The van der Waals surface area contributed by atoms with Crippen LogP contribution in [0.5, 0.6) is 5.75 Å². The summed E-state index contributed by atoms with van der Waals surface area (Å²) in [6, 6.07) is 16.1. The number of aromatic nitrogens is 4. The first-order valence-electron chi connectivity index (χ1n) is 8.72. The molecule has 0 bridgehead atoms. The molecule has 6 nitrogen and oxygen atoms in total. The second-order valence-corrected chi connectivity index (χ2v) is 8.48. The van der Waals surface area contributed by atoms with Crippen LogP contribution in [-0.2, 0) is 6.61 Å². The third-order valence-electron chi connectivity index (χ3n) is 4.25. The topological polar surface area (TPSA) is 65.5 Å². The number of nitrogens with zero attached hydrogens (tertiary/aromatic N) is 4. The Morgan fingerprint density at radius 1 is 0.900 bits per heavy atom. The first-order chi connectivity index (χ1) is 14.6. The Morgan fingerprint density at radius 3 is 2.47 bits per heavy atom. The molecule has 0 aliphatic rings. The van der Waals surface area contributed by atoms with Crippen molar-refractivity contribution in [3.63, 3.8) is 0 Å². The maximum Gasteiger partial charge on any atom is 0.235 e. The van der Waals surface area contributed by atoms with Crippen LogP contribution in [0.15, 0.2) is 59.0 Å². The van der Waals surface area contributed by atoms with Gasteiger partial charge in [-0.2, -0.15) is 4.52 Å². The first kappa shape index (κ1) is 19.4. The van der Waals surface area contributed by atoms with E-state index < -0.39 is 0 Å². The van der Waals surface area contributed by atoms with E-state index in [9.17, 15) is 0 Å². The van der Waals surface area contributed by atoms with Crippen molar-refractivity contribution < 1.29 is 9.15 Å². The van der Waals surface area contributed by atoms with Gasteiger partial charge >= 0.3 is 0 Å². The number of halogens is 3. The van der Waals surface area contributed by atoms with E-state index in [0.717, 1.165) is 5.56 Å². The number of hydrogen-bond donors (Lipinski definition) is 0. The molecule has 0 saturated carbocycles. The summed E-state index contributed by atoms with van der Waals surface area (Å²) >= 11 is 19.5. The van der Waals surface area contributed by atoms with E-state index in [-0.39, 0.29) is 6.61 Å². The molecule has 0 amide bonds.